The molecule has 1 rings (SSSR count). The van der Waals surface area contributed by atoms with Crippen LogP contribution in [0.25, 0.3) is 0 Å². The fraction of sp³-hybridized carbons (Fsp3) is 0.556. The third-order valence-electron chi connectivity index (χ3n) is 1.93. The van der Waals surface area contributed by atoms with E-state index in [1.54, 1.807) is 11.3 Å². The number of thiazole rings is 1. The number of aryl methyl sites for hydroxylation is 1. The van der Waals surface area contributed by atoms with Crippen LogP contribution in [0.5, 0.6) is 0 Å². The summed E-state index contributed by atoms with van der Waals surface area (Å²) in [5.41, 5.74) is 1.35. The van der Waals surface area contributed by atoms with E-state index in [1.165, 1.54) is 10.6 Å². The molecule has 0 spiro atoms. The highest BCUT2D eigenvalue weighted by Crippen LogP contribution is 2.10. The number of thiocarbonyl (C=S) groups is 1. The van der Waals surface area contributed by atoms with Crippen LogP contribution in [0.3, 0.4) is 0 Å². The third-order valence-corrected chi connectivity index (χ3v) is 3.11. The van der Waals surface area contributed by atoms with Crippen LogP contribution in [0.15, 0.2) is 4.99 Å². The van der Waals surface area contributed by atoms with Crippen LogP contribution >= 0.6 is 23.6 Å². The third kappa shape index (κ3) is 2.25. The van der Waals surface area contributed by atoms with Gasteiger partial charge in [0.1, 0.15) is 4.99 Å². The van der Waals surface area contributed by atoms with Crippen molar-refractivity contribution in [2.75, 3.05) is 0 Å². The van der Waals surface area contributed by atoms with E-state index in [4.69, 9.17) is 12.2 Å². The Morgan fingerprint density at radius 3 is 2.62 bits per heavy atom. The van der Waals surface area contributed by atoms with Crippen LogP contribution in [-0.2, 0) is 13.5 Å². The van der Waals surface area contributed by atoms with Crippen molar-refractivity contribution in [2.24, 2.45) is 12.0 Å². The van der Waals surface area contributed by atoms with E-state index in [0.717, 1.165) is 11.2 Å². The van der Waals surface area contributed by atoms with E-state index in [-0.39, 0.29) is 0 Å². The van der Waals surface area contributed by atoms with Gasteiger partial charge in [0.15, 0.2) is 4.80 Å². The summed E-state index contributed by atoms with van der Waals surface area (Å²) in [6, 6.07) is 0. The molecule has 0 aliphatic rings. The zero-order valence-electron chi connectivity index (χ0n) is 8.42. The SMILES string of the molecule is CCc1c(C)sc(=NC(C)=S)n1C. The molecule has 0 saturated heterocycles. The van der Waals surface area contributed by atoms with Gasteiger partial charge >= 0.3 is 0 Å². The normalized spacial score (nSPS) is 12.2. The highest BCUT2D eigenvalue weighted by atomic mass is 32.1. The highest BCUT2D eigenvalue weighted by molar-refractivity contribution is 7.80. The molecule has 13 heavy (non-hydrogen) atoms. The molecule has 0 aliphatic heterocycles. The first-order chi connectivity index (χ1) is 6.06. The molecule has 0 amide bonds. The molecule has 1 heterocycles. The number of hydrogen-bond acceptors (Lipinski definition) is 2. The maximum atomic E-state index is 4.95. The lowest BCUT2D eigenvalue weighted by molar-refractivity contribution is 0.796. The Bertz CT molecular complexity index is 385. The van der Waals surface area contributed by atoms with Gasteiger partial charge in [-0.05, 0) is 20.3 Å². The molecule has 0 aliphatic carbocycles. The zero-order chi connectivity index (χ0) is 10.0. The summed E-state index contributed by atoms with van der Waals surface area (Å²) in [5.74, 6) is 0. The summed E-state index contributed by atoms with van der Waals surface area (Å²) in [7, 11) is 2.04. The summed E-state index contributed by atoms with van der Waals surface area (Å²) >= 11 is 6.66. The van der Waals surface area contributed by atoms with E-state index in [0.29, 0.717) is 4.99 Å². The molecule has 0 atom stereocenters. The summed E-state index contributed by atoms with van der Waals surface area (Å²) in [4.78, 5) is 7.33. The van der Waals surface area contributed by atoms with Gasteiger partial charge in [0.2, 0.25) is 0 Å². The van der Waals surface area contributed by atoms with Gasteiger partial charge < -0.3 is 4.57 Å². The Balaban J connectivity index is 3.34. The van der Waals surface area contributed by atoms with Gasteiger partial charge in [-0.3, -0.25) is 0 Å². The number of nitrogens with zero attached hydrogens (tertiary/aromatic N) is 2. The summed E-state index contributed by atoms with van der Waals surface area (Å²) in [6.45, 7) is 6.13. The topological polar surface area (TPSA) is 17.3 Å². The molecule has 72 valence electrons. The second-order valence-corrected chi connectivity index (χ2v) is 4.70. The lowest BCUT2D eigenvalue weighted by Crippen LogP contribution is -2.14. The van der Waals surface area contributed by atoms with Gasteiger partial charge in [-0.1, -0.05) is 19.1 Å². The van der Waals surface area contributed by atoms with Crippen molar-refractivity contribution >= 4 is 28.5 Å². The Labute approximate surface area is 87.9 Å². The first kappa shape index (κ1) is 10.6. The fourth-order valence-corrected chi connectivity index (χ4v) is 2.58. The maximum absolute atomic E-state index is 4.95. The Kier molecular flexibility index (Phi) is 3.39. The molecule has 0 bridgehead atoms. The molecule has 2 nitrogen and oxygen atoms in total. The predicted octanol–water partition coefficient (Wildman–Crippen LogP) is 2.21. The van der Waals surface area contributed by atoms with Crippen LogP contribution in [0.2, 0.25) is 0 Å². The monoisotopic (exact) mass is 214 g/mol. The second kappa shape index (κ2) is 4.15. The minimum Gasteiger partial charge on any atom is -0.324 e. The van der Waals surface area contributed by atoms with E-state index in [9.17, 15) is 0 Å². The fourth-order valence-electron chi connectivity index (χ4n) is 1.33. The summed E-state index contributed by atoms with van der Waals surface area (Å²) in [6.07, 6.45) is 1.05. The van der Waals surface area contributed by atoms with Crippen molar-refractivity contribution in [1.29, 1.82) is 0 Å². The number of rotatable bonds is 1. The van der Waals surface area contributed by atoms with E-state index in [2.05, 4.69) is 23.4 Å². The largest absolute Gasteiger partial charge is 0.324 e. The standard InChI is InChI=1S/C9H14N2S2/c1-5-8-6(2)13-9(11(8)4)10-7(3)12/h5H2,1-4H3. The minimum absolute atomic E-state index is 0.694. The first-order valence-electron chi connectivity index (χ1n) is 4.26. The molecular weight excluding hydrogens is 200 g/mol. The molecule has 0 saturated carbocycles. The average molecular weight is 214 g/mol. The van der Waals surface area contributed by atoms with Crippen LogP contribution in [0.4, 0.5) is 0 Å². The number of aromatic nitrogens is 1. The molecule has 0 N–H and O–H groups in total. The van der Waals surface area contributed by atoms with Crippen LogP contribution in [0.1, 0.15) is 24.4 Å². The molecule has 0 aromatic carbocycles. The quantitative estimate of drug-likeness (QED) is 0.655. The first-order valence-corrected chi connectivity index (χ1v) is 5.49. The molecule has 4 heteroatoms. The second-order valence-electron chi connectivity index (χ2n) is 2.93. The highest BCUT2D eigenvalue weighted by Gasteiger charge is 2.04. The Morgan fingerprint density at radius 1 is 1.62 bits per heavy atom. The number of hydrogen-bond donors (Lipinski definition) is 0. The zero-order valence-corrected chi connectivity index (χ0v) is 10.1. The van der Waals surface area contributed by atoms with Gasteiger partial charge in [0.25, 0.3) is 0 Å². The van der Waals surface area contributed by atoms with Gasteiger partial charge in [-0.15, -0.1) is 11.3 Å². The predicted molar refractivity (Wildman–Crippen MR) is 61.2 cm³/mol. The molecule has 0 unspecified atom stereocenters. The van der Waals surface area contributed by atoms with E-state index in [1.807, 2.05) is 14.0 Å². The van der Waals surface area contributed by atoms with Crippen LogP contribution in [-0.4, -0.2) is 9.56 Å². The van der Waals surface area contributed by atoms with Crippen molar-refractivity contribution in [3.05, 3.63) is 15.4 Å². The van der Waals surface area contributed by atoms with Crippen molar-refractivity contribution in [2.45, 2.75) is 27.2 Å². The van der Waals surface area contributed by atoms with E-state index < -0.39 is 0 Å². The minimum atomic E-state index is 0.694. The lowest BCUT2D eigenvalue weighted by atomic mass is 10.3. The summed E-state index contributed by atoms with van der Waals surface area (Å²) < 4.78 is 2.12. The molecule has 0 fully saturated rings. The molecular formula is C9H14N2S2. The van der Waals surface area contributed by atoms with Crippen molar-refractivity contribution in [3.63, 3.8) is 0 Å². The van der Waals surface area contributed by atoms with E-state index >= 15 is 0 Å². The average Bonchev–Trinajstić information content (AvgIpc) is 2.26. The van der Waals surface area contributed by atoms with Gasteiger partial charge in [-0.2, -0.15) is 0 Å². The molecule has 1 aromatic heterocycles. The van der Waals surface area contributed by atoms with Crippen molar-refractivity contribution < 1.29 is 0 Å². The van der Waals surface area contributed by atoms with Crippen LogP contribution < -0.4 is 4.80 Å². The van der Waals surface area contributed by atoms with Gasteiger partial charge in [-0.25, -0.2) is 4.99 Å². The Morgan fingerprint density at radius 2 is 2.23 bits per heavy atom. The molecule has 0 radical (unpaired) electrons. The smallest absolute Gasteiger partial charge is 0.190 e. The Hall–Kier alpha value is -0.480. The van der Waals surface area contributed by atoms with Gasteiger partial charge in [0.05, 0.1) is 0 Å². The maximum Gasteiger partial charge on any atom is 0.190 e. The lowest BCUT2D eigenvalue weighted by Gasteiger charge is -1.98. The summed E-state index contributed by atoms with van der Waals surface area (Å²) in [5, 5.41) is 0. The van der Waals surface area contributed by atoms with Crippen molar-refractivity contribution in [1.82, 2.24) is 4.57 Å². The van der Waals surface area contributed by atoms with Gasteiger partial charge in [0, 0.05) is 17.6 Å². The van der Waals surface area contributed by atoms with Crippen molar-refractivity contribution in [3.8, 4) is 0 Å². The van der Waals surface area contributed by atoms with Crippen LogP contribution in [0, 0.1) is 6.92 Å². The molecule has 1 aromatic rings.